The first kappa shape index (κ1) is 39.9. The molecule has 0 aliphatic heterocycles. The number of benzene rings is 4. The zero-order valence-corrected chi connectivity index (χ0v) is 31.7. The van der Waals surface area contributed by atoms with Crippen molar-refractivity contribution >= 4 is 41.4 Å². The fraction of sp³-hybridized carbons (Fsp3) is 0.293. The predicted octanol–water partition coefficient (Wildman–Crippen LogP) is 6.94. The SMILES string of the molecule is CCOc1cc(-c2ccc(C(=O)NCNC(=O)[C@H](CCc3ccc4ccccc4c3)[C@@H](CC)C(=O)NOCc3ccccc3)o2)cc(P(=O)(OC)OC)c1. The highest BCUT2D eigenvalue weighted by Gasteiger charge is 2.33. The summed E-state index contributed by atoms with van der Waals surface area (Å²) in [6.45, 7) is 4.00. The van der Waals surface area contributed by atoms with E-state index in [-0.39, 0.29) is 30.2 Å². The van der Waals surface area contributed by atoms with Gasteiger partial charge in [0.05, 0.1) is 31.1 Å². The van der Waals surface area contributed by atoms with Crippen LogP contribution in [0.1, 0.15) is 48.4 Å². The largest absolute Gasteiger partial charge is 0.494 e. The number of hydroxylamine groups is 1. The second-order valence-corrected chi connectivity index (χ2v) is 14.7. The van der Waals surface area contributed by atoms with E-state index in [4.69, 9.17) is 23.0 Å². The van der Waals surface area contributed by atoms with Gasteiger partial charge in [-0.1, -0.05) is 79.7 Å². The Bertz CT molecular complexity index is 2080. The van der Waals surface area contributed by atoms with Crippen LogP contribution in [-0.2, 0) is 41.1 Å². The Hall–Kier alpha value is -5.26. The number of hydrogen-bond donors (Lipinski definition) is 3. The predicted molar refractivity (Wildman–Crippen MR) is 206 cm³/mol. The molecule has 0 fully saturated rings. The Balaban J connectivity index is 1.26. The summed E-state index contributed by atoms with van der Waals surface area (Å²) in [5.74, 6) is -2.07. The number of carbonyl (C=O) groups excluding carboxylic acids is 3. The third-order valence-electron chi connectivity index (χ3n) is 9.04. The lowest BCUT2D eigenvalue weighted by Crippen LogP contribution is -2.45. The molecule has 0 saturated carbocycles. The fourth-order valence-corrected chi connectivity index (χ4v) is 7.34. The normalized spacial score (nSPS) is 12.5. The molecule has 3 N–H and O–H groups in total. The molecular formula is C41H46N3O9P. The molecule has 1 heterocycles. The lowest BCUT2D eigenvalue weighted by molar-refractivity contribution is -0.144. The van der Waals surface area contributed by atoms with Gasteiger partial charge in [0.25, 0.3) is 5.91 Å². The van der Waals surface area contributed by atoms with Crippen molar-refractivity contribution in [3.8, 4) is 17.1 Å². The van der Waals surface area contributed by atoms with Crippen LogP contribution in [0.5, 0.6) is 5.75 Å². The first-order valence-corrected chi connectivity index (χ1v) is 19.3. The number of carbonyl (C=O) groups is 3. The Morgan fingerprint density at radius 3 is 2.22 bits per heavy atom. The van der Waals surface area contributed by atoms with Crippen molar-refractivity contribution in [2.24, 2.45) is 11.8 Å². The van der Waals surface area contributed by atoms with E-state index in [2.05, 4.69) is 22.2 Å². The van der Waals surface area contributed by atoms with Gasteiger partial charge in [0, 0.05) is 25.7 Å². The molecule has 2 atom stereocenters. The van der Waals surface area contributed by atoms with Gasteiger partial charge in [0.2, 0.25) is 11.8 Å². The zero-order valence-electron chi connectivity index (χ0n) is 30.8. The third-order valence-corrected chi connectivity index (χ3v) is 10.9. The molecule has 12 nitrogen and oxygen atoms in total. The van der Waals surface area contributed by atoms with Crippen molar-refractivity contribution in [2.75, 3.05) is 27.5 Å². The number of furan rings is 1. The van der Waals surface area contributed by atoms with Crippen molar-refractivity contribution in [1.82, 2.24) is 16.1 Å². The Kier molecular flexibility index (Phi) is 14.2. The minimum absolute atomic E-state index is 0.0153. The molecule has 54 heavy (non-hydrogen) atoms. The molecule has 4 aromatic carbocycles. The molecule has 3 amide bonds. The maximum Gasteiger partial charge on any atom is 0.360 e. The standard InChI is InChI=1S/C41H46N3O9P/c1-5-35(40(46)44-52-26-29-12-8-7-9-13-29)36(19-17-28-16-18-30-14-10-11-15-31(30)22-28)39(45)42-27-43-41(47)38-21-20-37(53-38)32-23-33(51-6-2)25-34(24-32)54(48,49-3)50-4/h7-16,18,20-25,35-36H,5-6,17,19,26-27H2,1-4H3,(H,42,45)(H,43,47)(H,44,46)/t35-,36-/m1/s1. The molecule has 0 aliphatic carbocycles. The highest BCUT2D eigenvalue weighted by molar-refractivity contribution is 7.62. The van der Waals surface area contributed by atoms with Crippen molar-refractivity contribution in [3.63, 3.8) is 0 Å². The Morgan fingerprint density at radius 2 is 1.50 bits per heavy atom. The van der Waals surface area contributed by atoms with E-state index >= 15 is 0 Å². The summed E-state index contributed by atoms with van der Waals surface area (Å²) in [6.07, 6.45) is 1.32. The number of aryl methyl sites for hydroxylation is 1. The summed E-state index contributed by atoms with van der Waals surface area (Å²) in [5, 5.41) is 7.92. The summed E-state index contributed by atoms with van der Waals surface area (Å²) in [4.78, 5) is 45.8. The molecule has 5 rings (SSSR count). The highest BCUT2D eigenvalue weighted by Crippen LogP contribution is 2.46. The minimum atomic E-state index is -3.62. The summed E-state index contributed by atoms with van der Waals surface area (Å²) in [6, 6.07) is 31.6. The summed E-state index contributed by atoms with van der Waals surface area (Å²) >= 11 is 0. The highest BCUT2D eigenvalue weighted by atomic mass is 31.2. The van der Waals surface area contributed by atoms with E-state index in [1.807, 2.05) is 80.6 Å². The molecule has 0 radical (unpaired) electrons. The van der Waals surface area contributed by atoms with E-state index < -0.39 is 31.2 Å². The van der Waals surface area contributed by atoms with E-state index in [9.17, 15) is 18.9 Å². The van der Waals surface area contributed by atoms with Crippen LogP contribution in [0.3, 0.4) is 0 Å². The molecule has 0 spiro atoms. The molecule has 0 unspecified atom stereocenters. The van der Waals surface area contributed by atoms with Gasteiger partial charge < -0.3 is 28.8 Å². The van der Waals surface area contributed by atoms with Gasteiger partial charge in [0.1, 0.15) is 11.5 Å². The average Bonchev–Trinajstić information content (AvgIpc) is 3.70. The first-order valence-electron chi connectivity index (χ1n) is 17.8. The van der Waals surface area contributed by atoms with Gasteiger partial charge >= 0.3 is 7.60 Å². The van der Waals surface area contributed by atoms with Crippen molar-refractivity contribution in [1.29, 1.82) is 0 Å². The van der Waals surface area contributed by atoms with Crippen molar-refractivity contribution < 1.29 is 42.0 Å². The van der Waals surface area contributed by atoms with Crippen LogP contribution in [0.15, 0.2) is 108 Å². The molecule has 5 aromatic rings. The number of ether oxygens (including phenoxy) is 1. The van der Waals surface area contributed by atoms with Crippen molar-refractivity contribution in [2.45, 2.75) is 39.7 Å². The fourth-order valence-electron chi connectivity index (χ4n) is 6.19. The van der Waals surface area contributed by atoms with Gasteiger partial charge in [-0.15, -0.1) is 0 Å². The van der Waals surface area contributed by atoms with Gasteiger partial charge in [-0.2, -0.15) is 0 Å². The Labute approximate surface area is 315 Å². The molecule has 0 saturated heterocycles. The van der Waals surface area contributed by atoms with Crippen LogP contribution in [0, 0.1) is 11.8 Å². The lowest BCUT2D eigenvalue weighted by Gasteiger charge is -2.25. The van der Waals surface area contributed by atoms with Crippen LogP contribution in [0.2, 0.25) is 0 Å². The monoisotopic (exact) mass is 755 g/mol. The lowest BCUT2D eigenvalue weighted by atomic mass is 9.84. The van der Waals surface area contributed by atoms with Gasteiger partial charge in [-0.05, 0) is 78.4 Å². The van der Waals surface area contributed by atoms with Gasteiger partial charge in [0.15, 0.2) is 5.76 Å². The van der Waals surface area contributed by atoms with Crippen LogP contribution in [0.4, 0.5) is 0 Å². The van der Waals surface area contributed by atoms with E-state index in [0.29, 0.717) is 42.9 Å². The maximum absolute atomic E-state index is 13.8. The second kappa shape index (κ2) is 19.2. The van der Waals surface area contributed by atoms with Gasteiger partial charge in [-0.3, -0.25) is 23.8 Å². The maximum atomic E-state index is 13.8. The zero-order chi connectivity index (χ0) is 38.5. The minimum Gasteiger partial charge on any atom is -0.494 e. The third kappa shape index (κ3) is 10.2. The molecule has 1 aromatic heterocycles. The quantitative estimate of drug-likeness (QED) is 0.0462. The van der Waals surface area contributed by atoms with Crippen LogP contribution >= 0.6 is 7.60 Å². The van der Waals surface area contributed by atoms with Crippen LogP contribution in [0.25, 0.3) is 22.1 Å². The number of rotatable bonds is 19. The Morgan fingerprint density at radius 1 is 0.759 bits per heavy atom. The topological polar surface area (TPSA) is 154 Å². The number of fused-ring (bicyclic) bond motifs is 1. The van der Waals surface area contributed by atoms with Crippen LogP contribution in [-0.4, -0.2) is 45.2 Å². The number of amides is 3. The summed E-state index contributed by atoms with van der Waals surface area (Å²) in [7, 11) is -1.04. The molecule has 0 bridgehead atoms. The molecule has 284 valence electrons. The van der Waals surface area contributed by atoms with E-state index in [1.54, 1.807) is 24.3 Å². The smallest absolute Gasteiger partial charge is 0.360 e. The number of hydrogen-bond acceptors (Lipinski definition) is 9. The number of nitrogens with one attached hydrogen (secondary N) is 3. The molecule has 0 aliphatic rings. The molecular weight excluding hydrogens is 709 g/mol. The van der Waals surface area contributed by atoms with E-state index in [0.717, 1.165) is 21.9 Å². The van der Waals surface area contributed by atoms with Crippen molar-refractivity contribution in [3.05, 3.63) is 120 Å². The first-order chi connectivity index (χ1) is 26.2. The average molecular weight is 756 g/mol. The van der Waals surface area contributed by atoms with E-state index in [1.165, 1.54) is 20.3 Å². The second-order valence-electron chi connectivity index (χ2n) is 12.5. The summed E-state index contributed by atoms with van der Waals surface area (Å²) < 4.78 is 35.0. The van der Waals surface area contributed by atoms with Gasteiger partial charge in [-0.25, -0.2) is 5.48 Å². The molecule has 13 heteroatoms. The van der Waals surface area contributed by atoms with Crippen LogP contribution < -0.4 is 26.2 Å². The summed E-state index contributed by atoms with van der Waals surface area (Å²) in [5.41, 5.74) is 4.96.